The minimum atomic E-state index is -4.31. The third-order valence-corrected chi connectivity index (χ3v) is 2.74. The van der Waals surface area contributed by atoms with E-state index in [1.165, 1.54) is 0 Å². The van der Waals surface area contributed by atoms with Crippen LogP contribution in [0.15, 0.2) is 10.2 Å². The molecule has 1 fully saturated rings. The highest BCUT2D eigenvalue weighted by molar-refractivity contribution is 5.03. The fourth-order valence-corrected chi connectivity index (χ4v) is 1.81. The Hall–Kier alpha value is -0.650. The van der Waals surface area contributed by atoms with Gasteiger partial charge in [-0.25, -0.2) is 0 Å². The number of hydrogen-bond acceptors (Lipinski definition) is 3. The lowest BCUT2D eigenvalue weighted by Gasteiger charge is -2.26. The first kappa shape index (κ1) is 9.89. The van der Waals surface area contributed by atoms with Gasteiger partial charge in [-0.15, -0.1) is 10.2 Å². The highest BCUT2D eigenvalue weighted by atomic mass is 19.4. The Balaban J connectivity index is 1.90. The minimum Gasteiger partial charge on any atom is -0.314 e. The third-order valence-electron chi connectivity index (χ3n) is 2.74. The summed E-state index contributed by atoms with van der Waals surface area (Å²) in [4.78, 5) is 0. The van der Waals surface area contributed by atoms with E-state index in [0.717, 1.165) is 25.8 Å². The first-order valence-corrected chi connectivity index (χ1v) is 4.78. The predicted octanol–water partition coefficient (Wildman–Crippen LogP) is 2.24. The molecular weight excluding hydrogens is 195 g/mol. The molecule has 6 heteroatoms. The Morgan fingerprint density at radius 2 is 2.00 bits per heavy atom. The van der Waals surface area contributed by atoms with Crippen LogP contribution >= 0.6 is 0 Å². The Labute approximate surface area is 79.8 Å². The van der Waals surface area contributed by atoms with Crippen molar-refractivity contribution in [2.24, 2.45) is 10.2 Å². The van der Waals surface area contributed by atoms with E-state index in [1.54, 1.807) is 0 Å². The molecule has 0 spiro atoms. The van der Waals surface area contributed by atoms with Crippen LogP contribution in [0.3, 0.4) is 0 Å². The van der Waals surface area contributed by atoms with E-state index in [2.05, 4.69) is 15.5 Å². The van der Waals surface area contributed by atoms with Crippen LogP contribution in [0.4, 0.5) is 13.2 Å². The molecule has 1 saturated heterocycles. The molecule has 1 N–H and O–H groups in total. The fourth-order valence-electron chi connectivity index (χ4n) is 1.81. The van der Waals surface area contributed by atoms with Gasteiger partial charge in [0.25, 0.3) is 5.66 Å². The topological polar surface area (TPSA) is 36.8 Å². The van der Waals surface area contributed by atoms with Gasteiger partial charge in [-0.2, -0.15) is 13.2 Å². The van der Waals surface area contributed by atoms with Crippen molar-refractivity contribution in [2.45, 2.75) is 43.6 Å². The van der Waals surface area contributed by atoms with Crippen LogP contribution in [0.2, 0.25) is 0 Å². The molecule has 3 nitrogen and oxygen atoms in total. The van der Waals surface area contributed by atoms with E-state index in [1.807, 2.05) is 0 Å². The van der Waals surface area contributed by atoms with Crippen molar-refractivity contribution in [1.29, 1.82) is 0 Å². The van der Waals surface area contributed by atoms with E-state index in [4.69, 9.17) is 0 Å². The molecule has 2 heterocycles. The van der Waals surface area contributed by atoms with Crippen LogP contribution in [0.1, 0.15) is 25.7 Å². The van der Waals surface area contributed by atoms with Crippen LogP contribution in [0, 0.1) is 0 Å². The average molecular weight is 207 g/mol. The lowest BCUT2D eigenvalue weighted by molar-refractivity contribution is -0.166. The van der Waals surface area contributed by atoms with E-state index >= 15 is 0 Å². The van der Waals surface area contributed by atoms with Gasteiger partial charge < -0.3 is 5.32 Å². The van der Waals surface area contributed by atoms with Gasteiger partial charge in [0.2, 0.25) is 0 Å². The van der Waals surface area contributed by atoms with Crippen molar-refractivity contribution < 1.29 is 13.2 Å². The molecule has 2 rings (SSSR count). The van der Waals surface area contributed by atoms with Crippen LogP contribution in [0.25, 0.3) is 0 Å². The molecule has 0 aromatic heterocycles. The first-order valence-electron chi connectivity index (χ1n) is 4.78. The molecule has 2 aliphatic heterocycles. The lowest BCUT2D eigenvalue weighted by Crippen LogP contribution is -2.43. The summed E-state index contributed by atoms with van der Waals surface area (Å²) < 4.78 is 37.3. The zero-order valence-corrected chi connectivity index (χ0v) is 7.64. The van der Waals surface area contributed by atoms with Gasteiger partial charge in [0.15, 0.2) is 0 Å². The van der Waals surface area contributed by atoms with E-state index in [0.29, 0.717) is 0 Å². The summed E-state index contributed by atoms with van der Waals surface area (Å²) in [7, 11) is 0. The summed E-state index contributed by atoms with van der Waals surface area (Å²) >= 11 is 0. The zero-order chi connectivity index (χ0) is 10.2. The van der Waals surface area contributed by atoms with Gasteiger partial charge in [-0.3, -0.25) is 0 Å². The van der Waals surface area contributed by atoms with Crippen molar-refractivity contribution in [3.05, 3.63) is 0 Å². The Kier molecular flexibility index (Phi) is 2.25. The molecule has 14 heavy (non-hydrogen) atoms. The summed E-state index contributed by atoms with van der Waals surface area (Å²) in [6.07, 6.45) is -1.51. The largest absolute Gasteiger partial charge is 0.437 e. The molecule has 1 atom stereocenters. The normalized spacial score (nSPS) is 30.4. The number of rotatable bonds is 2. The highest BCUT2D eigenvalue weighted by Crippen LogP contribution is 2.47. The van der Waals surface area contributed by atoms with Gasteiger partial charge in [0.1, 0.15) is 0 Å². The molecule has 0 aromatic rings. The monoisotopic (exact) mass is 207 g/mol. The summed E-state index contributed by atoms with van der Waals surface area (Å²) in [6.45, 7) is 0.804. The maximum atomic E-state index is 12.4. The highest BCUT2D eigenvalue weighted by Gasteiger charge is 2.64. The summed E-state index contributed by atoms with van der Waals surface area (Å²) in [5.41, 5.74) is -2.07. The predicted molar refractivity (Wildman–Crippen MR) is 43.9 cm³/mol. The van der Waals surface area contributed by atoms with Crippen molar-refractivity contribution in [1.82, 2.24) is 5.32 Å². The summed E-state index contributed by atoms with van der Waals surface area (Å²) in [5, 5.41) is 9.39. The maximum absolute atomic E-state index is 12.4. The fraction of sp³-hybridized carbons (Fsp3) is 1.00. The molecule has 1 unspecified atom stereocenters. The zero-order valence-electron chi connectivity index (χ0n) is 7.64. The number of halogens is 3. The van der Waals surface area contributed by atoms with Gasteiger partial charge in [-0.05, 0) is 19.4 Å². The number of piperidine rings is 1. The van der Waals surface area contributed by atoms with Crippen LogP contribution < -0.4 is 5.32 Å². The molecular formula is C8H12F3N3. The second-order valence-corrected chi connectivity index (χ2v) is 3.87. The molecule has 0 aliphatic carbocycles. The molecule has 80 valence electrons. The molecule has 0 saturated carbocycles. The van der Waals surface area contributed by atoms with Crippen molar-refractivity contribution in [3.63, 3.8) is 0 Å². The summed E-state index contributed by atoms with van der Waals surface area (Å²) in [5.74, 6) is 0. The third kappa shape index (κ3) is 1.75. The summed E-state index contributed by atoms with van der Waals surface area (Å²) in [6, 6.07) is -0.0830. The van der Waals surface area contributed by atoms with E-state index in [-0.39, 0.29) is 12.5 Å². The maximum Gasteiger partial charge on any atom is 0.437 e. The van der Waals surface area contributed by atoms with Crippen LogP contribution in [-0.4, -0.2) is 24.4 Å². The van der Waals surface area contributed by atoms with Gasteiger partial charge >= 0.3 is 6.18 Å². The number of hydrogen-bond donors (Lipinski definition) is 1. The molecule has 0 aromatic carbocycles. The van der Waals surface area contributed by atoms with Crippen molar-refractivity contribution >= 4 is 0 Å². The number of nitrogens with zero attached hydrogens (tertiary/aromatic N) is 2. The second-order valence-electron chi connectivity index (χ2n) is 3.87. The Bertz CT molecular complexity index is 237. The first-order chi connectivity index (χ1) is 6.54. The average Bonchev–Trinajstić information content (AvgIpc) is 2.86. The molecule has 0 amide bonds. The van der Waals surface area contributed by atoms with Crippen LogP contribution in [-0.2, 0) is 0 Å². The number of nitrogens with one attached hydrogen (secondary N) is 1. The van der Waals surface area contributed by atoms with Gasteiger partial charge in [-0.1, -0.05) is 6.42 Å². The van der Waals surface area contributed by atoms with E-state index in [9.17, 15) is 13.2 Å². The van der Waals surface area contributed by atoms with Crippen LogP contribution in [0.5, 0.6) is 0 Å². The quantitative estimate of drug-likeness (QED) is 0.740. The van der Waals surface area contributed by atoms with Crippen molar-refractivity contribution in [3.8, 4) is 0 Å². The Morgan fingerprint density at radius 1 is 1.29 bits per heavy atom. The number of alkyl halides is 3. The van der Waals surface area contributed by atoms with E-state index < -0.39 is 11.8 Å². The molecule has 0 radical (unpaired) electrons. The Morgan fingerprint density at radius 3 is 2.43 bits per heavy atom. The van der Waals surface area contributed by atoms with Gasteiger partial charge in [0, 0.05) is 12.5 Å². The molecule has 0 bridgehead atoms. The molecule has 2 aliphatic rings. The minimum absolute atomic E-state index is 0.0313. The standard InChI is InChI=1S/C8H12F3N3/c9-8(10,11)7(13-14-7)5-6-3-1-2-4-12-6/h6,12H,1-5H2. The smallest absolute Gasteiger partial charge is 0.314 e. The second kappa shape index (κ2) is 3.18. The van der Waals surface area contributed by atoms with Crippen molar-refractivity contribution in [2.75, 3.05) is 6.54 Å². The SMILES string of the molecule is FC(F)(F)C1(CC2CCCCN2)N=N1. The lowest BCUT2D eigenvalue weighted by atomic mass is 9.96. The van der Waals surface area contributed by atoms with Gasteiger partial charge in [0.05, 0.1) is 0 Å².